The highest BCUT2D eigenvalue weighted by atomic mass is 16.5. The maximum Gasteiger partial charge on any atom is 0.320 e. The molecule has 3 rings (SSSR count). The third-order valence-electron chi connectivity index (χ3n) is 4.93. The van der Waals surface area contributed by atoms with Gasteiger partial charge in [0.15, 0.2) is 0 Å². The molecular weight excluding hydrogens is 356 g/mol. The lowest BCUT2D eigenvalue weighted by Crippen LogP contribution is -2.46. The summed E-state index contributed by atoms with van der Waals surface area (Å²) in [5.41, 5.74) is 1.99. The molecule has 0 aromatic heterocycles. The van der Waals surface area contributed by atoms with Crippen LogP contribution >= 0.6 is 0 Å². The summed E-state index contributed by atoms with van der Waals surface area (Å²) in [6, 6.07) is 16.9. The van der Waals surface area contributed by atoms with Crippen LogP contribution in [0.4, 0.5) is 0 Å². The minimum absolute atomic E-state index is 0.0980. The van der Waals surface area contributed by atoms with Crippen LogP contribution in [0.5, 0.6) is 5.75 Å². The molecule has 6 nitrogen and oxygen atoms in total. The van der Waals surface area contributed by atoms with Crippen molar-refractivity contribution in [1.82, 2.24) is 10.2 Å². The van der Waals surface area contributed by atoms with Crippen molar-refractivity contribution >= 4 is 11.9 Å². The number of carbonyl (C=O) groups is 2. The Morgan fingerprint density at radius 2 is 1.75 bits per heavy atom. The first-order chi connectivity index (χ1) is 13.5. The number of benzene rings is 2. The first-order valence-corrected chi connectivity index (χ1v) is 9.54. The molecule has 6 heteroatoms. The fraction of sp³-hybridized carbons (Fsp3) is 0.364. The van der Waals surface area contributed by atoms with Crippen LogP contribution in [0.25, 0.3) is 0 Å². The number of carboxylic acid groups (broad SMARTS) is 1. The highest BCUT2D eigenvalue weighted by Gasteiger charge is 2.36. The SMILES string of the molecule is CC(C(=O)O)N(CC(=O)NCc1ccccc1COc1ccccc1)C1CC1. The number of hydrogen-bond acceptors (Lipinski definition) is 4. The van der Waals surface area contributed by atoms with Gasteiger partial charge in [-0.15, -0.1) is 0 Å². The van der Waals surface area contributed by atoms with Crippen LogP contribution in [0.2, 0.25) is 0 Å². The molecule has 0 saturated heterocycles. The van der Waals surface area contributed by atoms with Crippen LogP contribution in [-0.4, -0.2) is 40.5 Å². The van der Waals surface area contributed by atoms with E-state index in [0.29, 0.717) is 13.2 Å². The molecule has 1 aliphatic rings. The van der Waals surface area contributed by atoms with Gasteiger partial charge >= 0.3 is 5.97 Å². The molecule has 0 bridgehead atoms. The molecule has 2 aromatic rings. The lowest BCUT2D eigenvalue weighted by molar-refractivity contribution is -0.143. The molecule has 1 aliphatic carbocycles. The molecule has 2 aromatic carbocycles. The monoisotopic (exact) mass is 382 g/mol. The second-order valence-corrected chi connectivity index (χ2v) is 7.06. The van der Waals surface area contributed by atoms with Crippen molar-refractivity contribution < 1.29 is 19.4 Å². The number of nitrogens with zero attached hydrogens (tertiary/aromatic N) is 1. The molecular formula is C22H26N2O4. The van der Waals surface area contributed by atoms with E-state index in [4.69, 9.17) is 4.74 Å². The Balaban J connectivity index is 1.55. The van der Waals surface area contributed by atoms with Gasteiger partial charge in [-0.1, -0.05) is 42.5 Å². The van der Waals surface area contributed by atoms with Crippen LogP contribution < -0.4 is 10.1 Å². The zero-order valence-corrected chi connectivity index (χ0v) is 16.0. The van der Waals surface area contributed by atoms with E-state index >= 15 is 0 Å². The second kappa shape index (κ2) is 9.37. The van der Waals surface area contributed by atoms with Gasteiger partial charge in [0, 0.05) is 12.6 Å². The minimum atomic E-state index is -0.900. The van der Waals surface area contributed by atoms with Gasteiger partial charge in [-0.2, -0.15) is 0 Å². The Morgan fingerprint density at radius 1 is 1.11 bits per heavy atom. The first-order valence-electron chi connectivity index (χ1n) is 9.54. The summed E-state index contributed by atoms with van der Waals surface area (Å²) in [4.78, 5) is 25.4. The average Bonchev–Trinajstić information content (AvgIpc) is 3.55. The summed E-state index contributed by atoms with van der Waals surface area (Å²) in [7, 11) is 0. The third kappa shape index (κ3) is 5.57. The van der Waals surface area contributed by atoms with Gasteiger partial charge in [-0.3, -0.25) is 14.5 Å². The molecule has 0 spiro atoms. The molecule has 1 unspecified atom stereocenters. The molecule has 1 atom stereocenters. The van der Waals surface area contributed by atoms with Crippen molar-refractivity contribution in [3.8, 4) is 5.75 Å². The predicted octanol–water partition coefficient (Wildman–Crippen LogP) is 2.82. The fourth-order valence-electron chi connectivity index (χ4n) is 3.09. The van der Waals surface area contributed by atoms with E-state index in [-0.39, 0.29) is 18.5 Å². The number of nitrogens with one attached hydrogen (secondary N) is 1. The van der Waals surface area contributed by atoms with Gasteiger partial charge < -0.3 is 15.2 Å². The summed E-state index contributed by atoms with van der Waals surface area (Å²) >= 11 is 0. The number of hydrogen-bond donors (Lipinski definition) is 2. The van der Waals surface area contributed by atoms with Gasteiger partial charge in [-0.25, -0.2) is 0 Å². The molecule has 0 aliphatic heterocycles. The number of aliphatic carboxylic acids is 1. The van der Waals surface area contributed by atoms with E-state index in [0.717, 1.165) is 29.7 Å². The Bertz CT molecular complexity index is 805. The molecule has 1 amide bonds. The summed E-state index contributed by atoms with van der Waals surface area (Å²) in [6.07, 6.45) is 1.90. The summed E-state index contributed by atoms with van der Waals surface area (Å²) in [5, 5.41) is 12.2. The first kappa shape index (κ1) is 19.9. The largest absolute Gasteiger partial charge is 0.489 e. The maximum atomic E-state index is 12.4. The van der Waals surface area contributed by atoms with Crippen molar-refractivity contribution in [2.75, 3.05) is 6.54 Å². The highest BCUT2D eigenvalue weighted by molar-refractivity contribution is 5.80. The van der Waals surface area contributed by atoms with Gasteiger partial charge in [-0.05, 0) is 43.0 Å². The van der Waals surface area contributed by atoms with E-state index in [9.17, 15) is 14.7 Å². The van der Waals surface area contributed by atoms with Crippen LogP contribution in [0.1, 0.15) is 30.9 Å². The number of ether oxygens (including phenoxy) is 1. The highest BCUT2D eigenvalue weighted by Crippen LogP contribution is 2.28. The molecule has 0 radical (unpaired) electrons. The van der Waals surface area contributed by atoms with Crippen molar-refractivity contribution in [2.24, 2.45) is 0 Å². The number of para-hydroxylation sites is 1. The van der Waals surface area contributed by atoms with Crippen molar-refractivity contribution in [2.45, 2.75) is 45.0 Å². The predicted molar refractivity (Wildman–Crippen MR) is 106 cm³/mol. The zero-order valence-electron chi connectivity index (χ0n) is 16.0. The number of amides is 1. The van der Waals surface area contributed by atoms with E-state index < -0.39 is 12.0 Å². The van der Waals surface area contributed by atoms with Crippen LogP contribution in [0.15, 0.2) is 54.6 Å². The summed E-state index contributed by atoms with van der Waals surface area (Å²) in [5.74, 6) is -0.272. The topological polar surface area (TPSA) is 78.9 Å². The zero-order chi connectivity index (χ0) is 19.9. The normalized spacial score (nSPS) is 14.5. The summed E-state index contributed by atoms with van der Waals surface area (Å²) < 4.78 is 5.82. The van der Waals surface area contributed by atoms with Crippen LogP contribution in [0, 0.1) is 0 Å². The van der Waals surface area contributed by atoms with E-state index in [1.807, 2.05) is 54.6 Å². The van der Waals surface area contributed by atoms with E-state index in [1.165, 1.54) is 0 Å². The maximum absolute atomic E-state index is 12.4. The lowest BCUT2D eigenvalue weighted by Gasteiger charge is -2.25. The van der Waals surface area contributed by atoms with Gasteiger partial charge in [0.1, 0.15) is 18.4 Å². The van der Waals surface area contributed by atoms with E-state index in [2.05, 4.69) is 5.32 Å². The molecule has 2 N–H and O–H groups in total. The third-order valence-corrected chi connectivity index (χ3v) is 4.93. The van der Waals surface area contributed by atoms with Crippen molar-refractivity contribution in [1.29, 1.82) is 0 Å². The van der Waals surface area contributed by atoms with E-state index in [1.54, 1.807) is 11.8 Å². The minimum Gasteiger partial charge on any atom is -0.489 e. The van der Waals surface area contributed by atoms with Gasteiger partial charge in [0.2, 0.25) is 5.91 Å². The van der Waals surface area contributed by atoms with Gasteiger partial charge in [0.25, 0.3) is 0 Å². The Hall–Kier alpha value is -2.86. The number of rotatable bonds is 10. The lowest BCUT2D eigenvalue weighted by atomic mass is 10.1. The van der Waals surface area contributed by atoms with Crippen molar-refractivity contribution in [3.05, 3.63) is 65.7 Å². The van der Waals surface area contributed by atoms with Crippen molar-refractivity contribution in [3.63, 3.8) is 0 Å². The molecule has 0 heterocycles. The molecule has 28 heavy (non-hydrogen) atoms. The number of carbonyl (C=O) groups excluding carboxylic acids is 1. The fourth-order valence-corrected chi connectivity index (χ4v) is 3.09. The standard InChI is InChI=1S/C22H26N2O4/c1-16(22(26)27)24(19-11-12-19)14-21(25)23-13-17-7-5-6-8-18(17)15-28-20-9-3-2-4-10-20/h2-10,16,19H,11-15H2,1H3,(H,23,25)(H,26,27). The Kier molecular flexibility index (Phi) is 6.66. The Labute approximate surface area is 165 Å². The smallest absolute Gasteiger partial charge is 0.320 e. The Morgan fingerprint density at radius 3 is 2.39 bits per heavy atom. The molecule has 1 fully saturated rings. The van der Waals surface area contributed by atoms with Crippen LogP contribution in [0.3, 0.4) is 0 Å². The molecule has 148 valence electrons. The number of carboxylic acids is 1. The molecule has 1 saturated carbocycles. The summed E-state index contributed by atoms with van der Waals surface area (Å²) in [6.45, 7) is 2.53. The van der Waals surface area contributed by atoms with Crippen LogP contribution in [-0.2, 0) is 22.7 Å². The quantitative estimate of drug-likeness (QED) is 0.661. The average molecular weight is 382 g/mol. The second-order valence-electron chi connectivity index (χ2n) is 7.06. The van der Waals surface area contributed by atoms with Gasteiger partial charge in [0.05, 0.1) is 6.54 Å².